The van der Waals surface area contributed by atoms with E-state index in [0.717, 1.165) is 12.0 Å². The number of benzene rings is 1. The average molecular weight is 285 g/mol. The summed E-state index contributed by atoms with van der Waals surface area (Å²) in [5, 5.41) is 11.9. The molecule has 21 heavy (non-hydrogen) atoms. The predicted octanol–water partition coefficient (Wildman–Crippen LogP) is 2.58. The molecule has 1 aromatic rings. The van der Waals surface area contributed by atoms with Gasteiger partial charge in [-0.1, -0.05) is 44.6 Å². The first-order valence-corrected chi connectivity index (χ1v) is 7.62. The van der Waals surface area contributed by atoms with Crippen LogP contribution in [0.1, 0.15) is 49.0 Å². The van der Waals surface area contributed by atoms with Gasteiger partial charge in [-0.3, -0.25) is 4.79 Å². The summed E-state index contributed by atoms with van der Waals surface area (Å²) < 4.78 is 0. The second-order valence-electron chi connectivity index (χ2n) is 5.89. The van der Waals surface area contributed by atoms with Crippen LogP contribution in [0.4, 0.5) is 0 Å². The van der Waals surface area contributed by atoms with Crippen LogP contribution in [-0.2, 0) is 0 Å². The summed E-state index contributed by atoms with van der Waals surface area (Å²) in [7, 11) is 0. The van der Waals surface area contributed by atoms with Crippen molar-refractivity contribution in [3.63, 3.8) is 0 Å². The normalized spacial score (nSPS) is 24.8. The highest BCUT2D eigenvalue weighted by molar-refractivity contribution is 5.94. The summed E-state index contributed by atoms with van der Waals surface area (Å²) in [5.74, 6) is 6.57. The van der Waals surface area contributed by atoms with E-state index < -0.39 is 0 Å². The number of nitrogens with one attached hydrogen (secondary N) is 1. The Morgan fingerprint density at radius 3 is 2.95 bits per heavy atom. The maximum Gasteiger partial charge on any atom is 0.251 e. The highest BCUT2D eigenvalue weighted by Gasteiger charge is 2.28. The van der Waals surface area contributed by atoms with E-state index in [2.05, 4.69) is 31.0 Å². The first kappa shape index (κ1) is 15.6. The number of hydrogen-bond donors (Lipinski definition) is 2. The molecule has 3 heteroatoms. The molecule has 1 amide bonds. The van der Waals surface area contributed by atoms with Crippen molar-refractivity contribution in [2.45, 2.75) is 39.2 Å². The van der Waals surface area contributed by atoms with Gasteiger partial charge < -0.3 is 10.4 Å². The average Bonchev–Trinajstić information content (AvgIpc) is 2.50. The van der Waals surface area contributed by atoms with Crippen molar-refractivity contribution in [2.24, 2.45) is 11.8 Å². The molecular weight excluding hydrogens is 262 g/mol. The molecule has 0 heterocycles. The van der Waals surface area contributed by atoms with Crippen LogP contribution in [0.3, 0.4) is 0 Å². The third-order valence-corrected chi connectivity index (χ3v) is 4.46. The van der Waals surface area contributed by atoms with Crippen molar-refractivity contribution in [2.75, 3.05) is 6.61 Å². The second kappa shape index (κ2) is 7.28. The summed E-state index contributed by atoms with van der Waals surface area (Å²) in [5.41, 5.74) is 1.38. The van der Waals surface area contributed by atoms with Gasteiger partial charge in [-0.05, 0) is 36.5 Å². The molecule has 0 aromatic heterocycles. The summed E-state index contributed by atoms with van der Waals surface area (Å²) in [4.78, 5) is 12.4. The lowest BCUT2D eigenvalue weighted by atomic mass is 9.78. The zero-order chi connectivity index (χ0) is 15.2. The predicted molar refractivity (Wildman–Crippen MR) is 83.8 cm³/mol. The van der Waals surface area contributed by atoms with Gasteiger partial charge in [0, 0.05) is 17.2 Å². The number of hydrogen-bond acceptors (Lipinski definition) is 2. The quantitative estimate of drug-likeness (QED) is 0.821. The minimum Gasteiger partial charge on any atom is -0.384 e. The van der Waals surface area contributed by atoms with E-state index in [1.165, 1.54) is 12.8 Å². The summed E-state index contributed by atoms with van der Waals surface area (Å²) >= 11 is 0. The van der Waals surface area contributed by atoms with Crippen LogP contribution in [0.2, 0.25) is 0 Å². The van der Waals surface area contributed by atoms with Crippen molar-refractivity contribution in [3.8, 4) is 11.8 Å². The smallest absolute Gasteiger partial charge is 0.251 e. The standard InChI is InChI=1S/C18H23NO2/c1-13-6-3-10-17(14(13)2)19-18(21)16-9-4-7-15(12-16)8-5-11-20/h4,7,9,12-14,17,20H,3,6,10-11H2,1-2H3,(H,19,21). The van der Waals surface area contributed by atoms with E-state index in [1.54, 1.807) is 12.1 Å². The molecule has 3 unspecified atom stereocenters. The van der Waals surface area contributed by atoms with E-state index in [-0.39, 0.29) is 18.6 Å². The molecule has 112 valence electrons. The highest BCUT2D eigenvalue weighted by atomic mass is 16.2. The Hall–Kier alpha value is -1.79. The minimum atomic E-state index is -0.173. The molecule has 1 aliphatic rings. The molecule has 2 rings (SSSR count). The number of aliphatic hydroxyl groups excluding tert-OH is 1. The molecule has 1 fully saturated rings. The van der Waals surface area contributed by atoms with E-state index in [1.807, 2.05) is 12.1 Å². The molecule has 1 aromatic carbocycles. The molecule has 3 atom stereocenters. The van der Waals surface area contributed by atoms with Gasteiger partial charge >= 0.3 is 0 Å². The molecule has 0 bridgehead atoms. The van der Waals surface area contributed by atoms with Gasteiger partial charge in [0.15, 0.2) is 0 Å². The molecule has 0 saturated heterocycles. The molecule has 0 spiro atoms. The SMILES string of the molecule is CC1CCCC(NC(=O)c2cccc(C#CCO)c2)C1C. The van der Waals surface area contributed by atoms with Crippen molar-refractivity contribution >= 4 is 5.91 Å². The Morgan fingerprint density at radius 2 is 2.19 bits per heavy atom. The van der Waals surface area contributed by atoms with Crippen molar-refractivity contribution < 1.29 is 9.90 Å². The summed E-state index contributed by atoms with van der Waals surface area (Å²) in [6.07, 6.45) is 3.49. The van der Waals surface area contributed by atoms with Crippen LogP contribution in [0, 0.1) is 23.7 Å². The van der Waals surface area contributed by atoms with Gasteiger partial charge in [-0.25, -0.2) is 0 Å². The largest absolute Gasteiger partial charge is 0.384 e. The van der Waals surface area contributed by atoms with Crippen LogP contribution in [0.25, 0.3) is 0 Å². The Labute approximate surface area is 126 Å². The van der Waals surface area contributed by atoms with Gasteiger partial charge in [0.2, 0.25) is 0 Å². The van der Waals surface area contributed by atoms with E-state index in [4.69, 9.17) is 5.11 Å². The highest BCUT2D eigenvalue weighted by Crippen LogP contribution is 2.29. The fourth-order valence-corrected chi connectivity index (χ4v) is 2.92. The lowest BCUT2D eigenvalue weighted by Crippen LogP contribution is -2.43. The van der Waals surface area contributed by atoms with Gasteiger partial charge in [-0.2, -0.15) is 0 Å². The fraction of sp³-hybridized carbons (Fsp3) is 0.500. The Bertz CT molecular complexity index is 556. The van der Waals surface area contributed by atoms with Gasteiger partial charge in [0.25, 0.3) is 5.91 Å². The van der Waals surface area contributed by atoms with Crippen LogP contribution in [0.15, 0.2) is 24.3 Å². The van der Waals surface area contributed by atoms with Gasteiger partial charge in [0.05, 0.1) is 0 Å². The minimum absolute atomic E-state index is 0.0337. The molecule has 0 radical (unpaired) electrons. The second-order valence-corrected chi connectivity index (χ2v) is 5.89. The van der Waals surface area contributed by atoms with Crippen LogP contribution in [0.5, 0.6) is 0 Å². The maximum atomic E-state index is 12.4. The monoisotopic (exact) mass is 285 g/mol. The fourth-order valence-electron chi connectivity index (χ4n) is 2.92. The van der Waals surface area contributed by atoms with Crippen LogP contribution >= 0.6 is 0 Å². The third-order valence-electron chi connectivity index (χ3n) is 4.46. The number of rotatable bonds is 2. The molecule has 1 aliphatic carbocycles. The first-order chi connectivity index (χ1) is 10.1. The number of aliphatic hydroxyl groups is 1. The van der Waals surface area contributed by atoms with Crippen molar-refractivity contribution in [3.05, 3.63) is 35.4 Å². The third kappa shape index (κ3) is 4.09. The Balaban J connectivity index is 2.06. The lowest BCUT2D eigenvalue weighted by molar-refractivity contribution is 0.0891. The van der Waals surface area contributed by atoms with Crippen LogP contribution in [-0.4, -0.2) is 23.7 Å². The Kier molecular flexibility index (Phi) is 5.41. The van der Waals surface area contributed by atoms with Crippen molar-refractivity contribution in [1.82, 2.24) is 5.32 Å². The summed E-state index contributed by atoms with van der Waals surface area (Å²) in [6.45, 7) is 4.31. The molecule has 0 aliphatic heterocycles. The maximum absolute atomic E-state index is 12.4. The zero-order valence-electron chi connectivity index (χ0n) is 12.7. The number of amides is 1. The number of carbonyl (C=O) groups excluding carboxylic acids is 1. The van der Waals surface area contributed by atoms with Gasteiger partial charge in [0.1, 0.15) is 6.61 Å². The van der Waals surface area contributed by atoms with Crippen molar-refractivity contribution in [1.29, 1.82) is 0 Å². The topological polar surface area (TPSA) is 49.3 Å². The summed E-state index contributed by atoms with van der Waals surface area (Å²) in [6, 6.07) is 7.49. The molecule has 1 saturated carbocycles. The Morgan fingerprint density at radius 1 is 1.38 bits per heavy atom. The molecular formula is C18H23NO2. The lowest BCUT2D eigenvalue weighted by Gasteiger charge is -2.34. The molecule has 3 nitrogen and oxygen atoms in total. The van der Waals surface area contributed by atoms with Gasteiger partial charge in [-0.15, -0.1) is 0 Å². The first-order valence-electron chi connectivity index (χ1n) is 7.62. The number of carbonyl (C=O) groups is 1. The molecule has 2 N–H and O–H groups in total. The zero-order valence-corrected chi connectivity index (χ0v) is 12.7. The van der Waals surface area contributed by atoms with E-state index in [0.29, 0.717) is 17.4 Å². The van der Waals surface area contributed by atoms with E-state index >= 15 is 0 Å². The van der Waals surface area contributed by atoms with Crippen LogP contribution < -0.4 is 5.32 Å². The van der Waals surface area contributed by atoms with E-state index in [9.17, 15) is 4.79 Å².